The number of rotatable bonds is 0. The zero-order valence-electron chi connectivity index (χ0n) is 15.7. The summed E-state index contributed by atoms with van der Waals surface area (Å²) < 4.78 is 10.2. The Morgan fingerprint density at radius 3 is 1.38 bits per heavy atom. The summed E-state index contributed by atoms with van der Waals surface area (Å²) >= 11 is 0. The van der Waals surface area contributed by atoms with Crippen LogP contribution in [0.4, 0.5) is 0 Å². The highest BCUT2D eigenvalue weighted by molar-refractivity contribution is 5.65. The maximum absolute atomic E-state index is 11.7. The number of fused-ring (bicyclic) bond motifs is 2. The molecule has 10 heteroatoms. The molecular weight excluding hydrogens is 336 g/mol. The van der Waals surface area contributed by atoms with Gasteiger partial charge in [-0.15, -0.1) is 0 Å². The Morgan fingerprint density at radius 2 is 1.04 bits per heavy atom. The molecule has 4 rings (SSSR count). The van der Waals surface area contributed by atoms with E-state index in [2.05, 4.69) is 9.97 Å². The van der Waals surface area contributed by atoms with Crippen molar-refractivity contribution in [1.29, 1.82) is 0 Å². The zero-order valence-corrected chi connectivity index (χ0v) is 15.7. The van der Waals surface area contributed by atoms with Gasteiger partial charge in [-0.25, -0.2) is 9.13 Å². The summed E-state index contributed by atoms with van der Waals surface area (Å²) in [5.41, 5.74) is 2.65. The summed E-state index contributed by atoms with van der Waals surface area (Å²) in [5, 5.41) is 0. The average molecular weight is 358 g/mol. The van der Waals surface area contributed by atoms with Crippen molar-refractivity contribution in [2.45, 2.75) is 0 Å². The van der Waals surface area contributed by atoms with Gasteiger partial charge in [0.05, 0.1) is 28.2 Å². The molecule has 0 bridgehead atoms. The van der Waals surface area contributed by atoms with Crippen LogP contribution < -0.4 is 20.3 Å². The second-order valence-electron chi connectivity index (χ2n) is 6.34. The molecule has 0 aliphatic carbocycles. The summed E-state index contributed by atoms with van der Waals surface area (Å²) in [4.78, 5) is 31.6. The molecule has 4 aromatic rings. The summed E-state index contributed by atoms with van der Waals surface area (Å²) in [5.74, 6) is 0. The molecular formula is C16H22N8O2+2. The molecule has 10 nitrogen and oxygen atoms in total. The summed E-state index contributed by atoms with van der Waals surface area (Å²) in [6.45, 7) is 0. The van der Waals surface area contributed by atoms with Gasteiger partial charge in [0, 0.05) is 14.1 Å². The van der Waals surface area contributed by atoms with E-state index in [0.29, 0.717) is 22.3 Å². The van der Waals surface area contributed by atoms with Crippen molar-refractivity contribution in [2.24, 2.45) is 42.3 Å². The predicted molar refractivity (Wildman–Crippen MR) is 94.3 cm³/mol. The second kappa shape index (κ2) is 6.21. The lowest BCUT2D eigenvalue weighted by atomic mass is 10.5. The smallest absolute Gasteiger partial charge is 0.285 e. The fraction of sp³-hybridized carbons (Fsp3) is 0.375. The fourth-order valence-electron chi connectivity index (χ4n) is 2.91. The van der Waals surface area contributed by atoms with Crippen LogP contribution in [0.15, 0.2) is 34.9 Å². The molecule has 0 N–H and O–H groups in total. The van der Waals surface area contributed by atoms with Crippen LogP contribution in [0.1, 0.15) is 0 Å². The van der Waals surface area contributed by atoms with Crippen molar-refractivity contribution >= 4 is 22.3 Å². The molecule has 26 heavy (non-hydrogen) atoms. The third-order valence-corrected chi connectivity index (χ3v) is 4.24. The monoisotopic (exact) mass is 358 g/mol. The topological polar surface area (TPSA) is 87.4 Å². The highest BCUT2D eigenvalue weighted by atomic mass is 16.1. The average Bonchev–Trinajstić information content (AvgIpc) is 3.04. The highest BCUT2D eigenvalue weighted by Crippen LogP contribution is 1.99. The first kappa shape index (κ1) is 17.5. The van der Waals surface area contributed by atoms with Crippen LogP contribution in [-0.4, -0.2) is 28.2 Å². The van der Waals surface area contributed by atoms with E-state index in [1.165, 1.54) is 21.8 Å². The van der Waals surface area contributed by atoms with Crippen LogP contribution in [0.25, 0.3) is 22.3 Å². The van der Waals surface area contributed by atoms with Crippen molar-refractivity contribution in [1.82, 2.24) is 28.2 Å². The molecule has 4 heterocycles. The number of imidazole rings is 2. The van der Waals surface area contributed by atoms with Gasteiger partial charge in [0.2, 0.25) is 11.0 Å². The summed E-state index contributed by atoms with van der Waals surface area (Å²) in [6, 6.07) is 0. The van der Waals surface area contributed by atoms with Gasteiger partial charge < -0.3 is 0 Å². The molecule has 0 saturated heterocycles. The molecule has 136 valence electrons. The zero-order chi connectivity index (χ0) is 19.2. The molecule has 0 saturated carbocycles. The van der Waals surface area contributed by atoms with Crippen molar-refractivity contribution in [3.63, 3.8) is 0 Å². The van der Waals surface area contributed by atoms with Gasteiger partial charge in [-0.3, -0.25) is 27.9 Å². The van der Waals surface area contributed by atoms with Gasteiger partial charge in [0.1, 0.15) is 0 Å². The maximum Gasteiger partial charge on any atom is 0.308 e. The van der Waals surface area contributed by atoms with Gasteiger partial charge in [-0.1, -0.05) is 9.97 Å². The molecule has 0 unspecified atom stereocenters. The minimum Gasteiger partial charge on any atom is -0.285 e. The molecule has 0 aliphatic rings. The van der Waals surface area contributed by atoms with Crippen LogP contribution >= 0.6 is 0 Å². The van der Waals surface area contributed by atoms with Crippen molar-refractivity contribution in [3.05, 3.63) is 46.0 Å². The molecule has 0 amide bonds. The first-order chi connectivity index (χ1) is 12.2. The standard InChI is InChI=1S/2C8H11N4O/c2*1-10-4-9-7-6(8(10)13)11(2)5-12(7)3/h2*4-5H,1-3H3/q2*+1. The van der Waals surface area contributed by atoms with Crippen LogP contribution in [0.3, 0.4) is 0 Å². The first-order valence-corrected chi connectivity index (χ1v) is 7.95. The van der Waals surface area contributed by atoms with Crippen LogP contribution in [0.5, 0.6) is 0 Å². The van der Waals surface area contributed by atoms with E-state index in [9.17, 15) is 9.59 Å². The van der Waals surface area contributed by atoms with Crippen LogP contribution in [-0.2, 0) is 42.3 Å². The number of hydrogen-bond acceptors (Lipinski definition) is 4. The Hall–Kier alpha value is -3.30. The molecule has 4 aromatic heterocycles. The Balaban J connectivity index is 0.000000151. The lowest BCUT2D eigenvalue weighted by molar-refractivity contribution is -0.647. The number of aryl methyl sites for hydroxylation is 6. The van der Waals surface area contributed by atoms with Crippen LogP contribution in [0.2, 0.25) is 0 Å². The Labute approximate surface area is 148 Å². The van der Waals surface area contributed by atoms with Crippen molar-refractivity contribution in [2.75, 3.05) is 0 Å². The minimum absolute atomic E-state index is 0.0203. The Bertz CT molecular complexity index is 1140. The van der Waals surface area contributed by atoms with Crippen molar-refractivity contribution < 1.29 is 9.13 Å². The van der Waals surface area contributed by atoms with E-state index < -0.39 is 0 Å². The van der Waals surface area contributed by atoms with E-state index in [-0.39, 0.29) is 11.1 Å². The number of aromatic nitrogens is 8. The number of hydrogen-bond donors (Lipinski definition) is 0. The maximum atomic E-state index is 11.7. The van der Waals surface area contributed by atoms with E-state index in [4.69, 9.17) is 0 Å². The lowest BCUT2D eigenvalue weighted by Gasteiger charge is -1.91. The van der Waals surface area contributed by atoms with Crippen molar-refractivity contribution in [3.8, 4) is 0 Å². The molecule has 0 fully saturated rings. The van der Waals surface area contributed by atoms with Gasteiger partial charge in [-0.2, -0.15) is 0 Å². The van der Waals surface area contributed by atoms with E-state index in [1.54, 1.807) is 23.2 Å². The SMILES string of the molecule is Cn1cnc2c(c1=O)n(C)c[n+]2C.Cn1cnc2c(c1=O)n(C)c[n+]2C. The van der Waals surface area contributed by atoms with E-state index in [1.807, 2.05) is 50.0 Å². The first-order valence-electron chi connectivity index (χ1n) is 7.95. The Kier molecular flexibility index (Phi) is 4.18. The molecule has 0 atom stereocenters. The quantitative estimate of drug-likeness (QED) is 0.347. The Morgan fingerprint density at radius 1 is 0.692 bits per heavy atom. The molecule has 0 aliphatic heterocycles. The molecule has 0 aromatic carbocycles. The molecule has 0 spiro atoms. The van der Waals surface area contributed by atoms with Gasteiger partial charge in [0.25, 0.3) is 11.1 Å². The normalized spacial score (nSPS) is 11.0. The third-order valence-electron chi connectivity index (χ3n) is 4.24. The fourth-order valence-corrected chi connectivity index (χ4v) is 2.91. The number of nitrogens with zero attached hydrogens (tertiary/aromatic N) is 8. The molecule has 0 radical (unpaired) electrons. The largest absolute Gasteiger partial charge is 0.308 e. The van der Waals surface area contributed by atoms with Gasteiger partial charge >= 0.3 is 11.3 Å². The summed E-state index contributed by atoms with van der Waals surface area (Å²) in [7, 11) is 10.8. The van der Waals surface area contributed by atoms with Gasteiger partial charge in [-0.05, 0) is 0 Å². The minimum atomic E-state index is -0.0203. The predicted octanol–water partition coefficient (Wildman–Crippen LogP) is -1.81. The van der Waals surface area contributed by atoms with Gasteiger partial charge in [0.15, 0.2) is 25.3 Å². The highest BCUT2D eigenvalue weighted by Gasteiger charge is 2.16. The van der Waals surface area contributed by atoms with Crippen LogP contribution in [0, 0.1) is 0 Å². The lowest BCUT2D eigenvalue weighted by Crippen LogP contribution is -2.28. The van der Waals surface area contributed by atoms with E-state index >= 15 is 0 Å². The van der Waals surface area contributed by atoms with E-state index in [0.717, 1.165) is 0 Å². The summed E-state index contributed by atoms with van der Waals surface area (Å²) in [6.07, 6.45) is 6.73. The second-order valence-corrected chi connectivity index (χ2v) is 6.34. The third kappa shape index (κ3) is 2.68.